The van der Waals surface area contributed by atoms with Gasteiger partial charge in [-0.2, -0.15) is 31.6 Å². The number of alkyl halides is 6. The molecule has 1 amide bonds. The lowest BCUT2D eigenvalue weighted by Gasteiger charge is -2.27. The lowest BCUT2D eigenvalue weighted by molar-refractivity contribution is -0.274. The monoisotopic (exact) mass is 288 g/mol. The highest BCUT2D eigenvalue weighted by Gasteiger charge is 2.62. The lowest BCUT2D eigenvalue weighted by atomic mass is 9.97. The molecule has 108 valence electrons. The number of carbonyl (C=O) groups excluding carboxylic acids is 1. The van der Waals surface area contributed by atoms with Crippen molar-refractivity contribution in [3.63, 3.8) is 0 Å². The van der Waals surface area contributed by atoms with Gasteiger partial charge in [-0.05, 0) is 25.7 Å². The van der Waals surface area contributed by atoms with Crippen molar-refractivity contribution >= 4 is 5.91 Å². The molecular formula is C10H10F6N2O. The normalized spacial score (nSPS) is 19.3. The van der Waals surface area contributed by atoms with E-state index in [1.807, 2.05) is 0 Å². The summed E-state index contributed by atoms with van der Waals surface area (Å²) in [5, 5.41) is 10.4. The molecule has 19 heavy (non-hydrogen) atoms. The zero-order chi connectivity index (χ0) is 14.9. The summed E-state index contributed by atoms with van der Waals surface area (Å²) in [6, 6.07) is 1.60. The van der Waals surface area contributed by atoms with Crippen LogP contribution in [0.3, 0.4) is 0 Å². The summed E-state index contributed by atoms with van der Waals surface area (Å²) in [7, 11) is 0. The second kappa shape index (κ2) is 4.90. The first-order valence-electron chi connectivity index (χ1n) is 5.38. The van der Waals surface area contributed by atoms with Crippen molar-refractivity contribution in [1.82, 2.24) is 5.32 Å². The Bertz CT molecular complexity index is 374. The van der Waals surface area contributed by atoms with E-state index < -0.39 is 29.7 Å². The Morgan fingerprint density at radius 2 is 1.53 bits per heavy atom. The van der Waals surface area contributed by atoms with Gasteiger partial charge >= 0.3 is 12.4 Å². The zero-order valence-corrected chi connectivity index (χ0v) is 9.53. The molecule has 0 spiro atoms. The van der Waals surface area contributed by atoms with Crippen LogP contribution in [0.2, 0.25) is 0 Å². The Morgan fingerprint density at radius 1 is 1.11 bits per heavy atom. The molecule has 1 N–H and O–H groups in total. The molecule has 1 aliphatic rings. The van der Waals surface area contributed by atoms with Gasteiger partial charge in [0.2, 0.25) is 11.8 Å². The van der Waals surface area contributed by atoms with Crippen LogP contribution < -0.4 is 5.32 Å². The number of nitrogens with zero attached hydrogens (tertiary/aromatic N) is 1. The summed E-state index contributed by atoms with van der Waals surface area (Å²) >= 11 is 0. The van der Waals surface area contributed by atoms with Crippen LogP contribution in [0.15, 0.2) is 0 Å². The van der Waals surface area contributed by atoms with Crippen LogP contribution in [0.25, 0.3) is 0 Å². The molecule has 1 fully saturated rings. The first kappa shape index (κ1) is 15.6. The molecule has 0 aromatic rings. The standard InChI is InChI=1S/C10H10F6N2O/c11-9(12,13)6(10(14,15)16)7(19)18-8(5-17)3-1-2-4-8/h6H,1-4H2,(H,18,19). The summed E-state index contributed by atoms with van der Waals surface area (Å²) in [4.78, 5) is 11.3. The van der Waals surface area contributed by atoms with E-state index in [-0.39, 0.29) is 12.8 Å². The third-order valence-corrected chi connectivity index (χ3v) is 2.95. The molecule has 0 unspecified atom stereocenters. The smallest absolute Gasteiger partial charge is 0.337 e. The quantitative estimate of drug-likeness (QED) is 0.794. The summed E-state index contributed by atoms with van der Waals surface area (Å²) in [5.74, 6) is -6.32. The van der Waals surface area contributed by atoms with Gasteiger partial charge < -0.3 is 5.32 Å². The molecule has 1 aliphatic carbocycles. The Morgan fingerprint density at radius 3 is 1.84 bits per heavy atom. The summed E-state index contributed by atoms with van der Waals surface area (Å²) in [5.41, 5.74) is -1.62. The van der Waals surface area contributed by atoms with Crippen molar-refractivity contribution in [2.45, 2.75) is 43.6 Å². The molecule has 9 heteroatoms. The van der Waals surface area contributed by atoms with Gasteiger partial charge in [-0.15, -0.1) is 0 Å². The number of nitrogens with one attached hydrogen (secondary N) is 1. The van der Waals surface area contributed by atoms with Gasteiger partial charge in [-0.25, -0.2) is 0 Å². The number of carbonyl (C=O) groups is 1. The molecule has 1 rings (SSSR count). The Balaban J connectivity index is 2.94. The Hall–Kier alpha value is -1.46. The summed E-state index contributed by atoms with van der Waals surface area (Å²) < 4.78 is 73.8. The summed E-state index contributed by atoms with van der Waals surface area (Å²) in [6.45, 7) is 0. The minimum atomic E-state index is -5.74. The summed E-state index contributed by atoms with van der Waals surface area (Å²) in [6.07, 6.45) is -10.4. The van der Waals surface area contributed by atoms with E-state index in [2.05, 4.69) is 0 Å². The second-order valence-corrected chi connectivity index (χ2v) is 4.41. The molecule has 0 radical (unpaired) electrons. The second-order valence-electron chi connectivity index (χ2n) is 4.41. The van der Waals surface area contributed by atoms with Crippen LogP contribution in [-0.4, -0.2) is 23.8 Å². The maximum Gasteiger partial charge on any atom is 0.409 e. The molecule has 0 aromatic heterocycles. The van der Waals surface area contributed by atoms with E-state index in [9.17, 15) is 31.1 Å². The van der Waals surface area contributed by atoms with E-state index in [0.29, 0.717) is 12.8 Å². The van der Waals surface area contributed by atoms with Crippen molar-refractivity contribution in [1.29, 1.82) is 5.26 Å². The molecule has 0 aromatic carbocycles. The zero-order valence-electron chi connectivity index (χ0n) is 9.53. The van der Waals surface area contributed by atoms with E-state index >= 15 is 0 Å². The average Bonchev–Trinajstić information content (AvgIpc) is 2.61. The molecular weight excluding hydrogens is 278 g/mol. The Kier molecular flexibility index (Phi) is 4.03. The molecule has 0 saturated heterocycles. The average molecular weight is 288 g/mol. The highest BCUT2D eigenvalue weighted by atomic mass is 19.4. The maximum absolute atomic E-state index is 12.3. The molecule has 0 bridgehead atoms. The first-order valence-corrected chi connectivity index (χ1v) is 5.38. The van der Waals surface area contributed by atoms with Crippen LogP contribution >= 0.6 is 0 Å². The number of hydrogen-bond acceptors (Lipinski definition) is 2. The molecule has 0 heterocycles. The van der Waals surface area contributed by atoms with E-state index in [0.717, 1.165) is 0 Å². The van der Waals surface area contributed by atoms with Crippen molar-refractivity contribution in [2.24, 2.45) is 5.92 Å². The van der Waals surface area contributed by atoms with Gasteiger partial charge in [0.05, 0.1) is 6.07 Å². The predicted molar refractivity (Wildman–Crippen MR) is 50.6 cm³/mol. The number of hydrogen-bond donors (Lipinski definition) is 1. The minimum Gasteiger partial charge on any atom is -0.337 e. The molecule has 0 atom stereocenters. The van der Waals surface area contributed by atoms with Crippen molar-refractivity contribution in [3.05, 3.63) is 0 Å². The highest BCUT2D eigenvalue weighted by molar-refractivity contribution is 5.81. The van der Waals surface area contributed by atoms with Crippen LogP contribution in [0.1, 0.15) is 25.7 Å². The lowest BCUT2D eigenvalue weighted by Crippen LogP contribution is -2.54. The largest absolute Gasteiger partial charge is 0.409 e. The predicted octanol–water partition coefficient (Wildman–Crippen LogP) is 2.68. The number of halogens is 6. The van der Waals surface area contributed by atoms with Crippen LogP contribution in [0.4, 0.5) is 26.3 Å². The fourth-order valence-corrected chi connectivity index (χ4v) is 2.03. The molecule has 0 aliphatic heterocycles. The third kappa shape index (κ3) is 3.52. The fourth-order valence-electron chi connectivity index (χ4n) is 2.03. The van der Waals surface area contributed by atoms with Crippen molar-refractivity contribution < 1.29 is 31.1 Å². The highest BCUT2D eigenvalue weighted by Crippen LogP contribution is 2.40. The first-order chi connectivity index (χ1) is 8.52. The van der Waals surface area contributed by atoms with Gasteiger partial charge in [0, 0.05) is 0 Å². The van der Waals surface area contributed by atoms with Gasteiger partial charge in [0.25, 0.3) is 0 Å². The SMILES string of the molecule is N#CC1(NC(=O)C(C(F)(F)F)C(F)(F)F)CCCC1. The van der Waals surface area contributed by atoms with Crippen LogP contribution in [0, 0.1) is 17.2 Å². The van der Waals surface area contributed by atoms with Crippen molar-refractivity contribution in [2.75, 3.05) is 0 Å². The van der Waals surface area contributed by atoms with Crippen LogP contribution in [0.5, 0.6) is 0 Å². The maximum atomic E-state index is 12.3. The van der Waals surface area contributed by atoms with Gasteiger partial charge in [0.1, 0.15) is 5.54 Å². The minimum absolute atomic E-state index is 0.0532. The van der Waals surface area contributed by atoms with E-state index in [1.54, 1.807) is 11.4 Å². The Labute approximate surface area is 104 Å². The van der Waals surface area contributed by atoms with Gasteiger partial charge in [0.15, 0.2) is 0 Å². The third-order valence-electron chi connectivity index (χ3n) is 2.95. The van der Waals surface area contributed by atoms with Crippen LogP contribution in [-0.2, 0) is 4.79 Å². The van der Waals surface area contributed by atoms with Crippen molar-refractivity contribution in [3.8, 4) is 6.07 Å². The fraction of sp³-hybridized carbons (Fsp3) is 0.800. The number of rotatable bonds is 2. The van der Waals surface area contributed by atoms with Gasteiger partial charge in [-0.1, -0.05) is 0 Å². The van der Waals surface area contributed by atoms with E-state index in [1.165, 1.54) is 0 Å². The van der Waals surface area contributed by atoms with Gasteiger partial charge in [-0.3, -0.25) is 4.79 Å². The number of nitriles is 1. The molecule has 3 nitrogen and oxygen atoms in total. The van der Waals surface area contributed by atoms with E-state index in [4.69, 9.17) is 5.26 Å². The topological polar surface area (TPSA) is 52.9 Å². The number of amides is 1. The molecule has 1 saturated carbocycles.